The zero-order valence-corrected chi connectivity index (χ0v) is 11.1. The Bertz CT molecular complexity index is 283. The van der Waals surface area contributed by atoms with E-state index in [-0.39, 0.29) is 6.03 Å². The molecule has 4 nitrogen and oxygen atoms in total. The molecule has 0 saturated heterocycles. The first-order valence-electron chi connectivity index (χ1n) is 5.67. The monoisotopic (exact) mass is 243 g/mol. The summed E-state index contributed by atoms with van der Waals surface area (Å²) in [6.07, 6.45) is 3.82. The number of hydrogen-bond donors (Lipinski definition) is 2. The van der Waals surface area contributed by atoms with Crippen LogP contribution in [0, 0.1) is 5.92 Å². The first-order chi connectivity index (χ1) is 7.37. The molecule has 2 amide bonds. The summed E-state index contributed by atoms with van der Waals surface area (Å²) in [7, 11) is 3.43. The van der Waals surface area contributed by atoms with Crippen LogP contribution in [-0.4, -0.2) is 35.6 Å². The van der Waals surface area contributed by atoms with E-state index in [0.29, 0.717) is 10.9 Å². The SMILES string of the molecule is CC1CCC(NC(=O)N(C)C)(C(N)=S)CC1. The lowest BCUT2D eigenvalue weighted by Gasteiger charge is -2.39. The number of nitrogens with zero attached hydrogens (tertiary/aromatic N) is 1. The van der Waals surface area contributed by atoms with E-state index in [1.54, 1.807) is 14.1 Å². The third-order valence-electron chi connectivity index (χ3n) is 3.35. The van der Waals surface area contributed by atoms with Gasteiger partial charge in [0, 0.05) is 14.1 Å². The molecule has 1 aliphatic carbocycles. The smallest absolute Gasteiger partial charge is 0.317 e. The molecule has 0 spiro atoms. The van der Waals surface area contributed by atoms with Gasteiger partial charge in [-0.25, -0.2) is 4.79 Å². The summed E-state index contributed by atoms with van der Waals surface area (Å²) in [6.45, 7) is 2.22. The fourth-order valence-electron chi connectivity index (χ4n) is 2.00. The van der Waals surface area contributed by atoms with Crippen LogP contribution in [0.25, 0.3) is 0 Å². The molecule has 5 heteroatoms. The fourth-order valence-corrected chi connectivity index (χ4v) is 2.26. The molecule has 0 aromatic carbocycles. The van der Waals surface area contributed by atoms with Crippen molar-refractivity contribution in [3.8, 4) is 0 Å². The highest BCUT2D eigenvalue weighted by atomic mass is 32.1. The van der Waals surface area contributed by atoms with Crippen LogP contribution in [0.15, 0.2) is 0 Å². The summed E-state index contributed by atoms with van der Waals surface area (Å²) < 4.78 is 0. The zero-order chi connectivity index (χ0) is 12.3. The second-order valence-corrected chi connectivity index (χ2v) is 5.39. The first-order valence-corrected chi connectivity index (χ1v) is 6.07. The van der Waals surface area contributed by atoms with Crippen molar-refractivity contribution in [2.45, 2.75) is 38.1 Å². The molecule has 1 fully saturated rings. The highest BCUT2D eigenvalue weighted by Crippen LogP contribution is 2.32. The van der Waals surface area contributed by atoms with Gasteiger partial charge in [-0.15, -0.1) is 0 Å². The minimum absolute atomic E-state index is 0.123. The van der Waals surface area contributed by atoms with E-state index >= 15 is 0 Å². The van der Waals surface area contributed by atoms with E-state index in [2.05, 4.69) is 12.2 Å². The van der Waals surface area contributed by atoms with Crippen molar-refractivity contribution in [1.82, 2.24) is 10.2 Å². The number of amides is 2. The molecule has 1 saturated carbocycles. The minimum Gasteiger partial charge on any atom is -0.391 e. The second kappa shape index (κ2) is 4.99. The molecule has 0 bridgehead atoms. The number of nitrogens with one attached hydrogen (secondary N) is 1. The molecule has 1 rings (SSSR count). The van der Waals surface area contributed by atoms with E-state index in [1.807, 2.05) is 0 Å². The number of rotatable bonds is 2. The van der Waals surface area contributed by atoms with Crippen molar-refractivity contribution in [3.63, 3.8) is 0 Å². The Hall–Kier alpha value is -0.840. The number of nitrogens with two attached hydrogens (primary N) is 1. The molecule has 0 atom stereocenters. The molecule has 0 unspecified atom stereocenters. The van der Waals surface area contributed by atoms with Crippen molar-refractivity contribution in [1.29, 1.82) is 0 Å². The number of hydrogen-bond acceptors (Lipinski definition) is 2. The quantitative estimate of drug-likeness (QED) is 0.723. The maximum Gasteiger partial charge on any atom is 0.317 e. The van der Waals surface area contributed by atoms with E-state index in [1.165, 1.54) is 4.90 Å². The number of thiocarbonyl (C=S) groups is 1. The van der Waals surface area contributed by atoms with Crippen molar-refractivity contribution in [2.75, 3.05) is 14.1 Å². The summed E-state index contributed by atoms with van der Waals surface area (Å²) in [5.41, 5.74) is 5.33. The Kier molecular flexibility index (Phi) is 4.13. The molecule has 3 N–H and O–H groups in total. The maximum atomic E-state index is 11.7. The number of carbonyl (C=O) groups excluding carboxylic acids is 1. The van der Waals surface area contributed by atoms with E-state index in [0.717, 1.165) is 25.7 Å². The van der Waals surface area contributed by atoms with Crippen LogP contribution < -0.4 is 11.1 Å². The standard InChI is InChI=1S/C11H21N3OS/c1-8-4-6-11(7-5-8,9(12)16)13-10(15)14(2)3/h8H,4-7H2,1-3H3,(H2,12,16)(H,13,15). The average molecular weight is 243 g/mol. The Morgan fingerprint density at radius 3 is 2.31 bits per heavy atom. The van der Waals surface area contributed by atoms with Gasteiger partial charge in [0.05, 0.1) is 10.5 Å². The largest absolute Gasteiger partial charge is 0.391 e. The third-order valence-corrected chi connectivity index (χ3v) is 3.74. The van der Waals surface area contributed by atoms with E-state index in [4.69, 9.17) is 18.0 Å². The highest BCUT2D eigenvalue weighted by molar-refractivity contribution is 7.80. The van der Waals surface area contributed by atoms with Gasteiger partial charge in [-0.3, -0.25) is 0 Å². The fraction of sp³-hybridized carbons (Fsp3) is 0.818. The minimum atomic E-state index is -0.469. The van der Waals surface area contributed by atoms with Gasteiger partial charge in [-0.05, 0) is 31.6 Å². The number of carbonyl (C=O) groups is 1. The summed E-state index contributed by atoms with van der Waals surface area (Å²) in [6, 6.07) is -0.123. The lowest BCUT2D eigenvalue weighted by atomic mass is 9.77. The molecule has 16 heavy (non-hydrogen) atoms. The van der Waals surface area contributed by atoms with Gasteiger partial charge in [0.2, 0.25) is 0 Å². The molecule has 92 valence electrons. The predicted molar refractivity (Wildman–Crippen MR) is 69.4 cm³/mol. The third kappa shape index (κ3) is 2.84. The number of urea groups is 1. The average Bonchev–Trinajstić information content (AvgIpc) is 2.21. The van der Waals surface area contributed by atoms with Gasteiger partial charge < -0.3 is 16.0 Å². The Labute approximate surface area is 103 Å². The van der Waals surface area contributed by atoms with Crippen LogP contribution in [0.1, 0.15) is 32.6 Å². The summed E-state index contributed by atoms with van der Waals surface area (Å²) in [5.74, 6) is 0.693. The summed E-state index contributed by atoms with van der Waals surface area (Å²) in [4.78, 5) is 13.6. The Balaban J connectivity index is 2.74. The van der Waals surface area contributed by atoms with Crippen molar-refractivity contribution >= 4 is 23.2 Å². The second-order valence-electron chi connectivity index (χ2n) is 4.95. The molecular formula is C11H21N3OS. The lowest BCUT2D eigenvalue weighted by molar-refractivity contribution is 0.195. The van der Waals surface area contributed by atoms with Crippen LogP contribution >= 0.6 is 12.2 Å². The lowest BCUT2D eigenvalue weighted by Crippen LogP contribution is -2.60. The van der Waals surface area contributed by atoms with Crippen LogP contribution in [0.3, 0.4) is 0 Å². The van der Waals surface area contributed by atoms with Gasteiger partial charge in [0.1, 0.15) is 0 Å². The van der Waals surface area contributed by atoms with Crippen molar-refractivity contribution in [2.24, 2.45) is 11.7 Å². The molecular weight excluding hydrogens is 222 g/mol. The molecule has 0 aromatic heterocycles. The first kappa shape index (κ1) is 13.2. The highest BCUT2D eigenvalue weighted by Gasteiger charge is 2.38. The molecule has 0 aromatic rings. The van der Waals surface area contributed by atoms with E-state index < -0.39 is 5.54 Å². The Morgan fingerprint density at radius 1 is 1.44 bits per heavy atom. The van der Waals surface area contributed by atoms with Crippen molar-refractivity contribution in [3.05, 3.63) is 0 Å². The van der Waals surface area contributed by atoms with Crippen LogP contribution in [0.4, 0.5) is 4.79 Å². The van der Waals surface area contributed by atoms with Crippen molar-refractivity contribution < 1.29 is 4.79 Å². The molecule has 0 aliphatic heterocycles. The zero-order valence-electron chi connectivity index (χ0n) is 10.2. The van der Waals surface area contributed by atoms with Gasteiger partial charge in [-0.2, -0.15) is 0 Å². The molecule has 0 heterocycles. The van der Waals surface area contributed by atoms with Gasteiger partial charge in [0.25, 0.3) is 0 Å². The van der Waals surface area contributed by atoms with Gasteiger partial charge in [-0.1, -0.05) is 19.1 Å². The van der Waals surface area contributed by atoms with Crippen LogP contribution in [-0.2, 0) is 0 Å². The normalized spacial score (nSPS) is 29.6. The Morgan fingerprint density at radius 2 is 1.94 bits per heavy atom. The van der Waals surface area contributed by atoms with Gasteiger partial charge in [0.15, 0.2) is 0 Å². The maximum absolute atomic E-state index is 11.7. The van der Waals surface area contributed by atoms with Crippen LogP contribution in [0.5, 0.6) is 0 Å². The summed E-state index contributed by atoms with van der Waals surface area (Å²) in [5, 5.41) is 2.97. The predicted octanol–water partition coefficient (Wildman–Crippen LogP) is 1.49. The summed E-state index contributed by atoms with van der Waals surface area (Å²) >= 11 is 5.12. The molecule has 0 radical (unpaired) electrons. The van der Waals surface area contributed by atoms with Crippen LogP contribution in [0.2, 0.25) is 0 Å². The topological polar surface area (TPSA) is 58.4 Å². The van der Waals surface area contributed by atoms with Gasteiger partial charge >= 0.3 is 6.03 Å². The molecule has 1 aliphatic rings. The van der Waals surface area contributed by atoms with E-state index in [9.17, 15) is 4.79 Å².